The molecule has 0 saturated carbocycles. The van der Waals surface area contributed by atoms with Gasteiger partial charge in [0.2, 0.25) is 0 Å². The quantitative estimate of drug-likeness (QED) is 0.724. The number of hydrogen-bond donors (Lipinski definition) is 0. The second-order valence-electron chi connectivity index (χ2n) is 5.44. The summed E-state index contributed by atoms with van der Waals surface area (Å²) in [6.45, 7) is 2.04. The molecule has 0 saturated heterocycles. The lowest BCUT2D eigenvalue weighted by Gasteiger charge is -2.24. The molecule has 4 rings (SSSR count). The molecule has 0 bridgehead atoms. The molecule has 1 nitrogen and oxygen atoms in total. The fourth-order valence-corrected chi connectivity index (χ4v) is 3.26. The molecule has 1 heterocycles. The first-order valence-corrected chi connectivity index (χ1v) is 7.05. The van der Waals surface area contributed by atoms with E-state index in [4.69, 9.17) is 4.74 Å². The second kappa shape index (κ2) is 4.38. The van der Waals surface area contributed by atoms with Crippen molar-refractivity contribution >= 4 is 5.57 Å². The summed E-state index contributed by atoms with van der Waals surface area (Å²) >= 11 is 0. The summed E-state index contributed by atoms with van der Waals surface area (Å²) < 4.78 is 5.99. The van der Waals surface area contributed by atoms with Crippen molar-refractivity contribution in [2.45, 2.75) is 19.3 Å². The van der Waals surface area contributed by atoms with Crippen LogP contribution in [0.25, 0.3) is 5.57 Å². The highest BCUT2D eigenvalue weighted by Crippen LogP contribution is 2.46. The van der Waals surface area contributed by atoms with Crippen LogP contribution in [0.2, 0.25) is 0 Å². The number of rotatable bonds is 1. The van der Waals surface area contributed by atoms with Crippen LogP contribution < -0.4 is 0 Å². The monoisotopic (exact) mass is 260 g/mol. The molecular weight excluding hydrogens is 244 g/mol. The van der Waals surface area contributed by atoms with Gasteiger partial charge in [0, 0.05) is 17.9 Å². The van der Waals surface area contributed by atoms with Crippen LogP contribution in [0.3, 0.4) is 0 Å². The van der Waals surface area contributed by atoms with E-state index in [1.165, 1.54) is 22.3 Å². The molecule has 2 aromatic carbocycles. The van der Waals surface area contributed by atoms with Crippen molar-refractivity contribution in [3.8, 4) is 0 Å². The fourth-order valence-electron chi connectivity index (χ4n) is 3.26. The highest BCUT2D eigenvalue weighted by atomic mass is 16.5. The standard InChI is InChI=1S/C19H16O/c1-13-11-17(14-7-3-2-4-8-14)19-16-10-6-5-9-15(16)12-18(19)20-13/h2-11,17H,12H2,1H3. The van der Waals surface area contributed by atoms with E-state index in [9.17, 15) is 0 Å². The van der Waals surface area contributed by atoms with Gasteiger partial charge in [-0.1, -0.05) is 54.6 Å². The van der Waals surface area contributed by atoms with Gasteiger partial charge in [-0.3, -0.25) is 0 Å². The predicted octanol–water partition coefficient (Wildman–Crippen LogP) is 4.67. The van der Waals surface area contributed by atoms with E-state index >= 15 is 0 Å². The summed E-state index contributed by atoms with van der Waals surface area (Å²) in [5.41, 5.74) is 5.40. The Hall–Kier alpha value is -2.28. The van der Waals surface area contributed by atoms with Crippen molar-refractivity contribution in [2.24, 2.45) is 0 Å². The minimum atomic E-state index is 0.309. The molecule has 0 fully saturated rings. The normalized spacial score (nSPS) is 20.1. The summed E-state index contributed by atoms with van der Waals surface area (Å²) in [5, 5.41) is 0. The van der Waals surface area contributed by atoms with Crippen LogP contribution >= 0.6 is 0 Å². The van der Waals surface area contributed by atoms with Crippen LogP contribution in [0.4, 0.5) is 0 Å². The Morgan fingerprint density at radius 3 is 2.55 bits per heavy atom. The minimum Gasteiger partial charge on any atom is -0.466 e. The number of fused-ring (bicyclic) bond motifs is 2. The maximum absolute atomic E-state index is 5.99. The molecule has 1 atom stereocenters. The summed E-state index contributed by atoms with van der Waals surface area (Å²) in [6, 6.07) is 19.3. The number of benzene rings is 2. The van der Waals surface area contributed by atoms with E-state index in [-0.39, 0.29) is 0 Å². The number of hydrogen-bond acceptors (Lipinski definition) is 1. The Bertz CT molecular complexity index is 722. The molecular formula is C19H16O. The maximum Gasteiger partial charge on any atom is 0.113 e. The van der Waals surface area contributed by atoms with Crippen LogP contribution in [-0.2, 0) is 11.2 Å². The molecule has 0 N–H and O–H groups in total. The Kier molecular flexibility index (Phi) is 2.53. The van der Waals surface area contributed by atoms with Crippen molar-refractivity contribution in [3.05, 3.63) is 88.9 Å². The second-order valence-corrected chi connectivity index (χ2v) is 5.44. The Morgan fingerprint density at radius 2 is 1.70 bits per heavy atom. The fraction of sp³-hybridized carbons (Fsp3) is 0.158. The molecule has 2 aromatic rings. The lowest BCUT2D eigenvalue weighted by Crippen LogP contribution is -2.07. The van der Waals surface area contributed by atoms with Crippen molar-refractivity contribution in [1.29, 1.82) is 0 Å². The topological polar surface area (TPSA) is 9.23 Å². The van der Waals surface area contributed by atoms with E-state index in [0.29, 0.717) is 5.92 Å². The molecule has 98 valence electrons. The van der Waals surface area contributed by atoms with E-state index in [1.54, 1.807) is 0 Å². The van der Waals surface area contributed by atoms with E-state index < -0.39 is 0 Å². The molecule has 1 aliphatic heterocycles. The zero-order chi connectivity index (χ0) is 13.5. The molecule has 0 amide bonds. The third kappa shape index (κ3) is 1.70. The average molecular weight is 260 g/mol. The average Bonchev–Trinajstić information content (AvgIpc) is 2.85. The van der Waals surface area contributed by atoms with Crippen LogP contribution in [0, 0.1) is 0 Å². The SMILES string of the molecule is CC1=CC(c2ccccc2)C2=C(Cc3ccccc32)O1. The number of allylic oxidation sites excluding steroid dienone is 4. The van der Waals surface area contributed by atoms with Gasteiger partial charge >= 0.3 is 0 Å². The van der Waals surface area contributed by atoms with Crippen LogP contribution in [0.15, 0.2) is 72.2 Å². The van der Waals surface area contributed by atoms with Gasteiger partial charge in [0.1, 0.15) is 5.76 Å². The Balaban J connectivity index is 1.87. The summed E-state index contributed by atoms with van der Waals surface area (Å²) in [6.07, 6.45) is 3.15. The summed E-state index contributed by atoms with van der Waals surface area (Å²) in [7, 11) is 0. The molecule has 0 radical (unpaired) electrons. The molecule has 1 aliphatic carbocycles. The third-order valence-electron chi connectivity index (χ3n) is 4.11. The zero-order valence-electron chi connectivity index (χ0n) is 11.5. The number of ether oxygens (including phenoxy) is 1. The van der Waals surface area contributed by atoms with Crippen molar-refractivity contribution in [1.82, 2.24) is 0 Å². The molecule has 20 heavy (non-hydrogen) atoms. The van der Waals surface area contributed by atoms with Gasteiger partial charge in [0.15, 0.2) is 0 Å². The van der Waals surface area contributed by atoms with Crippen molar-refractivity contribution in [3.63, 3.8) is 0 Å². The molecule has 0 spiro atoms. The largest absolute Gasteiger partial charge is 0.466 e. The van der Waals surface area contributed by atoms with Crippen LogP contribution in [-0.4, -0.2) is 0 Å². The minimum absolute atomic E-state index is 0.309. The predicted molar refractivity (Wildman–Crippen MR) is 81.1 cm³/mol. The van der Waals surface area contributed by atoms with Gasteiger partial charge in [-0.25, -0.2) is 0 Å². The Labute approximate surface area is 119 Å². The molecule has 1 heteroatoms. The lowest BCUT2D eigenvalue weighted by molar-refractivity contribution is 0.294. The third-order valence-corrected chi connectivity index (χ3v) is 4.11. The van der Waals surface area contributed by atoms with Gasteiger partial charge in [0.05, 0.1) is 5.76 Å². The van der Waals surface area contributed by atoms with E-state index in [0.717, 1.165) is 17.9 Å². The first-order chi connectivity index (χ1) is 9.83. The summed E-state index contributed by atoms with van der Waals surface area (Å²) in [5.74, 6) is 2.44. The highest BCUT2D eigenvalue weighted by molar-refractivity contribution is 5.82. The summed E-state index contributed by atoms with van der Waals surface area (Å²) in [4.78, 5) is 0. The lowest BCUT2D eigenvalue weighted by atomic mass is 9.86. The first kappa shape index (κ1) is 11.5. The Morgan fingerprint density at radius 1 is 0.950 bits per heavy atom. The van der Waals surface area contributed by atoms with Crippen LogP contribution in [0.1, 0.15) is 29.5 Å². The molecule has 1 unspecified atom stereocenters. The van der Waals surface area contributed by atoms with Gasteiger partial charge in [0.25, 0.3) is 0 Å². The van der Waals surface area contributed by atoms with E-state index in [1.807, 2.05) is 6.92 Å². The van der Waals surface area contributed by atoms with E-state index in [2.05, 4.69) is 60.7 Å². The van der Waals surface area contributed by atoms with Gasteiger partial charge < -0.3 is 4.74 Å². The van der Waals surface area contributed by atoms with Crippen LogP contribution in [0.5, 0.6) is 0 Å². The maximum atomic E-state index is 5.99. The van der Waals surface area contributed by atoms with Crippen molar-refractivity contribution < 1.29 is 4.74 Å². The van der Waals surface area contributed by atoms with Gasteiger partial charge in [-0.15, -0.1) is 0 Å². The van der Waals surface area contributed by atoms with Gasteiger partial charge in [-0.2, -0.15) is 0 Å². The first-order valence-electron chi connectivity index (χ1n) is 7.05. The molecule has 0 aromatic heterocycles. The zero-order valence-corrected chi connectivity index (χ0v) is 11.5. The van der Waals surface area contributed by atoms with Crippen molar-refractivity contribution in [2.75, 3.05) is 0 Å². The molecule has 2 aliphatic rings. The highest BCUT2D eigenvalue weighted by Gasteiger charge is 2.31. The van der Waals surface area contributed by atoms with Gasteiger partial charge in [-0.05, 0) is 29.7 Å². The smallest absolute Gasteiger partial charge is 0.113 e.